The maximum Gasteiger partial charge on any atom is 0.228 e. The molecule has 1 N–H and O–H groups in total. The fourth-order valence-corrected chi connectivity index (χ4v) is 5.20. The molecule has 3 aromatic carbocycles. The molecule has 0 aliphatic rings. The van der Waals surface area contributed by atoms with Crippen LogP contribution < -0.4 is 5.32 Å². The quantitative estimate of drug-likeness (QED) is 0.364. The molecule has 0 atom stereocenters. The summed E-state index contributed by atoms with van der Waals surface area (Å²) in [6.45, 7) is 3.30. The highest BCUT2D eigenvalue weighted by molar-refractivity contribution is 7.92. The van der Waals surface area contributed by atoms with E-state index in [-0.39, 0.29) is 17.2 Å². The minimum Gasteiger partial charge on any atom is -0.326 e. The van der Waals surface area contributed by atoms with Crippen LogP contribution in [0.1, 0.15) is 19.4 Å². The third kappa shape index (κ3) is 5.38. The summed E-state index contributed by atoms with van der Waals surface area (Å²) in [5.41, 5.74) is 4.41. The Morgan fingerprint density at radius 3 is 2.21 bits per heavy atom. The second kappa shape index (κ2) is 9.68. The van der Waals surface area contributed by atoms with Crippen molar-refractivity contribution >= 4 is 32.8 Å². The summed E-state index contributed by atoms with van der Waals surface area (Å²) in [6.07, 6.45) is 0.163. The number of thiazole rings is 1. The molecule has 5 nitrogen and oxygen atoms in total. The van der Waals surface area contributed by atoms with Gasteiger partial charge in [-0.05, 0) is 43.7 Å². The van der Waals surface area contributed by atoms with E-state index in [1.54, 1.807) is 49.4 Å². The van der Waals surface area contributed by atoms with Gasteiger partial charge in [0.1, 0.15) is 5.01 Å². The van der Waals surface area contributed by atoms with Crippen LogP contribution in [-0.4, -0.2) is 24.6 Å². The highest BCUT2D eigenvalue weighted by atomic mass is 32.2. The van der Waals surface area contributed by atoms with Gasteiger partial charge in [-0.25, -0.2) is 13.4 Å². The first-order chi connectivity index (χ1) is 15.8. The smallest absolute Gasteiger partial charge is 0.228 e. The summed E-state index contributed by atoms with van der Waals surface area (Å²) in [4.78, 5) is 17.4. The van der Waals surface area contributed by atoms with Crippen LogP contribution in [0, 0.1) is 0 Å². The number of rotatable bonds is 7. The monoisotopic (exact) mass is 476 g/mol. The van der Waals surface area contributed by atoms with Crippen LogP contribution in [0.5, 0.6) is 0 Å². The SMILES string of the molecule is CC(C)S(=O)(=O)c1ccc(CC(=O)Nc2ccc(-c3csc(-c4ccccc4)n3)cc2)cc1. The molecule has 0 bridgehead atoms. The molecule has 1 heterocycles. The lowest BCUT2D eigenvalue weighted by Gasteiger charge is -2.09. The molecule has 0 saturated heterocycles. The van der Waals surface area contributed by atoms with Crippen molar-refractivity contribution in [3.05, 3.63) is 89.8 Å². The topological polar surface area (TPSA) is 76.1 Å². The summed E-state index contributed by atoms with van der Waals surface area (Å²) in [7, 11) is -3.32. The molecule has 0 radical (unpaired) electrons. The van der Waals surface area contributed by atoms with E-state index in [9.17, 15) is 13.2 Å². The van der Waals surface area contributed by atoms with Gasteiger partial charge in [-0.2, -0.15) is 0 Å². The van der Waals surface area contributed by atoms with Gasteiger partial charge in [0.05, 0.1) is 22.3 Å². The summed E-state index contributed by atoms with van der Waals surface area (Å²) in [6, 6.07) is 24.1. The number of aromatic nitrogens is 1. The van der Waals surface area contributed by atoms with Gasteiger partial charge in [-0.3, -0.25) is 4.79 Å². The molecule has 1 amide bonds. The highest BCUT2D eigenvalue weighted by Crippen LogP contribution is 2.29. The van der Waals surface area contributed by atoms with Crippen LogP contribution in [0.15, 0.2) is 89.1 Å². The molecule has 0 aliphatic carbocycles. The zero-order valence-electron chi connectivity index (χ0n) is 18.4. The van der Waals surface area contributed by atoms with Crippen LogP contribution in [0.2, 0.25) is 0 Å². The van der Waals surface area contributed by atoms with Crippen LogP contribution in [0.25, 0.3) is 21.8 Å². The van der Waals surface area contributed by atoms with E-state index in [1.807, 2.05) is 60.0 Å². The number of amides is 1. The number of nitrogens with zero attached hydrogens (tertiary/aromatic N) is 1. The van der Waals surface area contributed by atoms with Crippen molar-refractivity contribution in [3.63, 3.8) is 0 Å². The fraction of sp³-hybridized carbons (Fsp3) is 0.154. The number of hydrogen-bond acceptors (Lipinski definition) is 5. The van der Waals surface area contributed by atoms with E-state index in [2.05, 4.69) is 5.32 Å². The van der Waals surface area contributed by atoms with E-state index in [4.69, 9.17) is 4.98 Å². The zero-order valence-corrected chi connectivity index (χ0v) is 20.0. The standard InChI is InChI=1S/C26H24N2O3S2/c1-18(2)33(30,31)23-14-8-19(9-15-23)16-25(29)27-22-12-10-20(11-13-22)24-17-32-26(28-24)21-6-4-3-5-7-21/h3-15,17-18H,16H2,1-2H3,(H,27,29). The van der Waals surface area contributed by atoms with Gasteiger partial charge in [0, 0.05) is 22.2 Å². The fourth-order valence-electron chi connectivity index (χ4n) is 3.30. The first kappa shape index (κ1) is 22.9. The molecule has 0 saturated carbocycles. The minimum atomic E-state index is -3.32. The predicted octanol–water partition coefficient (Wildman–Crippen LogP) is 5.84. The van der Waals surface area contributed by atoms with Gasteiger partial charge in [-0.15, -0.1) is 11.3 Å². The van der Waals surface area contributed by atoms with Crippen LogP contribution in [0.3, 0.4) is 0 Å². The van der Waals surface area contributed by atoms with Crippen molar-refractivity contribution in [1.82, 2.24) is 4.98 Å². The Labute approximate surface area is 198 Å². The summed E-state index contributed by atoms with van der Waals surface area (Å²) in [5.74, 6) is -0.165. The molecule has 0 unspecified atom stereocenters. The normalized spacial score (nSPS) is 11.5. The molecule has 4 aromatic rings. The van der Waals surface area contributed by atoms with Crippen molar-refractivity contribution in [3.8, 4) is 21.8 Å². The molecule has 33 heavy (non-hydrogen) atoms. The van der Waals surface area contributed by atoms with Gasteiger partial charge >= 0.3 is 0 Å². The Balaban J connectivity index is 1.38. The number of sulfone groups is 1. The van der Waals surface area contributed by atoms with Crippen molar-refractivity contribution < 1.29 is 13.2 Å². The van der Waals surface area contributed by atoms with E-state index in [0.29, 0.717) is 5.69 Å². The van der Waals surface area contributed by atoms with E-state index >= 15 is 0 Å². The molecule has 1 aromatic heterocycles. The Bertz CT molecular complexity index is 1340. The molecule has 7 heteroatoms. The van der Waals surface area contributed by atoms with Gasteiger partial charge in [-0.1, -0.05) is 54.6 Å². The van der Waals surface area contributed by atoms with Gasteiger partial charge in [0.15, 0.2) is 9.84 Å². The van der Waals surface area contributed by atoms with Gasteiger partial charge in [0.2, 0.25) is 5.91 Å². The summed E-state index contributed by atoms with van der Waals surface area (Å²) < 4.78 is 24.5. The van der Waals surface area contributed by atoms with E-state index in [1.165, 1.54) is 0 Å². The number of hydrogen-bond donors (Lipinski definition) is 1. The van der Waals surface area contributed by atoms with Crippen LogP contribution >= 0.6 is 11.3 Å². The zero-order chi connectivity index (χ0) is 23.4. The lowest BCUT2D eigenvalue weighted by atomic mass is 10.1. The molecule has 4 rings (SSSR count). The van der Waals surface area contributed by atoms with Crippen LogP contribution in [-0.2, 0) is 21.1 Å². The summed E-state index contributed by atoms with van der Waals surface area (Å²) >= 11 is 1.60. The third-order valence-corrected chi connectivity index (χ3v) is 8.29. The minimum absolute atomic E-state index is 0.163. The first-order valence-electron chi connectivity index (χ1n) is 10.6. The average molecular weight is 477 g/mol. The predicted molar refractivity (Wildman–Crippen MR) is 134 cm³/mol. The number of carbonyl (C=O) groups is 1. The Hall–Kier alpha value is -3.29. The largest absolute Gasteiger partial charge is 0.326 e. The summed E-state index contributed by atoms with van der Waals surface area (Å²) in [5, 5.41) is 5.40. The van der Waals surface area contributed by atoms with Crippen molar-refractivity contribution in [2.75, 3.05) is 5.32 Å². The lowest BCUT2D eigenvalue weighted by Crippen LogP contribution is -2.15. The maximum absolute atomic E-state index is 12.4. The molecular formula is C26H24N2O3S2. The average Bonchev–Trinajstić information content (AvgIpc) is 3.31. The van der Waals surface area contributed by atoms with E-state index in [0.717, 1.165) is 27.4 Å². The number of nitrogens with one attached hydrogen (secondary N) is 1. The maximum atomic E-state index is 12.4. The van der Waals surface area contributed by atoms with Crippen molar-refractivity contribution in [2.45, 2.75) is 30.4 Å². The molecule has 0 fully saturated rings. The Kier molecular flexibility index (Phi) is 6.72. The number of carbonyl (C=O) groups excluding carboxylic acids is 1. The van der Waals surface area contributed by atoms with E-state index < -0.39 is 15.1 Å². The molecule has 168 valence electrons. The lowest BCUT2D eigenvalue weighted by molar-refractivity contribution is -0.115. The Morgan fingerprint density at radius 1 is 0.909 bits per heavy atom. The van der Waals surface area contributed by atoms with Crippen molar-refractivity contribution in [2.24, 2.45) is 0 Å². The van der Waals surface area contributed by atoms with Gasteiger partial charge in [0.25, 0.3) is 0 Å². The van der Waals surface area contributed by atoms with Crippen LogP contribution in [0.4, 0.5) is 5.69 Å². The highest BCUT2D eigenvalue weighted by Gasteiger charge is 2.19. The second-order valence-electron chi connectivity index (χ2n) is 7.94. The third-order valence-electron chi connectivity index (χ3n) is 5.23. The van der Waals surface area contributed by atoms with Gasteiger partial charge < -0.3 is 5.32 Å². The number of anilines is 1. The Morgan fingerprint density at radius 2 is 1.58 bits per heavy atom. The second-order valence-corrected chi connectivity index (χ2v) is 11.3. The number of benzene rings is 3. The molecule has 0 spiro atoms. The molecule has 0 aliphatic heterocycles. The first-order valence-corrected chi connectivity index (χ1v) is 13.0. The molecular weight excluding hydrogens is 452 g/mol. The van der Waals surface area contributed by atoms with Crippen molar-refractivity contribution in [1.29, 1.82) is 0 Å².